The average molecular weight is 390 g/mol. The summed E-state index contributed by atoms with van der Waals surface area (Å²) in [6.45, 7) is 2.62. The number of nitrogens with zero attached hydrogens (tertiary/aromatic N) is 5. The van der Waals surface area contributed by atoms with Crippen molar-refractivity contribution in [2.75, 3.05) is 0 Å². The Morgan fingerprint density at radius 1 is 0.964 bits per heavy atom. The van der Waals surface area contributed by atoms with Crippen LogP contribution in [0, 0.1) is 0 Å². The molecular formula is C21H16ClN5O. The number of halogens is 1. The molecule has 0 saturated carbocycles. The van der Waals surface area contributed by atoms with Gasteiger partial charge in [-0.15, -0.1) is 0 Å². The lowest BCUT2D eigenvalue weighted by molar-refractivity contribution is 0.647. The van der Waals surface area contributed by atoms with Crippen molar-refractivity contribution in [1.82, 2.24) is 24.1 Å². The first kappa shape index (κ1) is 16.9. The first-order chi connectivity index (χ1) is 13.7. The fourth-order valence-electron chi connectivity index (χ4n) is 3.53. The van der Waals surface area contributed by atoms with Crippen molar-refractivity contribution < 1.29 is 0 Å². The van der Waals surface area contributed by atoms with Gasteiger partial charge < -0.3 is 0 Å². The molecule has 6 nitrogen and oxygen atoms in total. The van der Waals surface area contributed by atoms with E-state index in [1.54, 1.807) is 17.0 Å². The monoisotopic (exact) mass is 389 g/mol. The van der Waals surface area contributed by atoms with E-state index >= 15 is 0 Å². The van der Waals surface area contributed by atoms with Crippen molar-refractivity contribution in [3.63, 3.8) is 0 Å². The van der Waals surface area contributed by atoms with E-state index in [9.17, 15) is 4.79 Å². The highest BCUT2D eigenvalue weighted by atomic mass is 35.5. The molecule has 0 aliphatic heterocycles. The van der Waals surface area contributed by atoms with Gasteiger partial charge >= 0.3 is 0 Å². The third-order valence-corrected chi connectivity index (χ3v) is 5.11. The van der Waals surface area contributed by atoms with Gasteiger partial charge in [-0.2, -0.15) is 0 Å². The highest BCUT2D eigenvalue weighted by molar-refractivity contribution is 6.32. The molecular weight excluding hydrogens is 374 g/mol. The Kier molecular flexibility index (Phi) is 3.87. The van der Waals surface area contributed by atoms with Gasteiger partial charge in [-0.3, -0.25) is 13.9 Å². The Bertz CT molecular complexity index is 1420. The van der Waals surface area contributed by atoms with Crippen LogP contribution in [-0.2, 0) is 6.54 Å². The van der Waals surface area contributed by atoms with Crippen LogP contribution in [-0.4, -0.2) is 24.1 Å². The van der Waals surface area contributed by atoms with Crippen LogP contribution in [0.4, 0.5) is 0 Å². The third-order valence-electron chi connectivity index (χ3n) is 4.79. The van der Waals surface area contributed by atoms with E-state index in [-0.39, 0.29) is 5.56 Å². The van der Waals surface area contributed by atoms with Gasteiger partial charge in [-0.1, -0.05) is 42.8 Å². The molecule has 0 aliphatic carbocycles. The van der Waals surface area contributed by atoms with Gasteiger partial charge in [0.05, 0.1) is 28.1 Å². The normalized spacial score (nSPS) is 11.6. The molecule has 0 radical (unpaired) electrons. The number of para-hydroxylation sites is 3. The second kappa shape index (κ2) is 6.42. The predicted molar refractivity (Wildman–Crippen MR) is 111 cm³/mol. The van der Waals surface area contributed by atoms with Crippen molar-refractivity contribution in [2.45, 2.75) is 19.9 Å². The second-order valence-electron chi connectivity index (χ2n) is 6.61. The maximum absolute atomic E-state index is 13.2. The summed E-state index contributed by atoms with van der Waals surface area (Å²) < 4.78 is 3.44. The largest absolute Gasteiger partial charge is 0.299 e. The van der Waals surface area contributed by atoms with E-state index < -0.39 is 0 Å². The van der Waals surface area contributed by atoms with Crippen LogP contribution in [0.2, 0.25) is 5.02 Å². The third kappa shape index (κ3) is 2.42. The molecule has 0 N–H and O–H groups in total. The lowest BCUT2D eigenvalue weighted by Gasteiger charge is -2.08. The van der Waals surface area contributed by atoms with Crippen LogP contribution < -0.4 is 5.56 Å². The van der Waals surface area contributed by atoms with Gasteiger partial charge in [0.15, 0.2) is 11.3 Å². The van der Waals surface area contributed by atoms with Gasteiger partial charge in [0.2, 0.25) is 0 Å². The van der Waals surface area contributed by atoms with Crippen molar-refractivity contribution in [3.05, 3.63) is 70.2 Å². The molecule has 0 unspecified atom stereocenters. The van der Waals surface area contributed by atoms with E-state index in [2.05, 4.69) is 4.98 Å². The van der Waals surface area contributed by atoms with E-state index in [1.165, 1.54) is 0 Å². The Balaban J connectivity index is 2.02. The van der Waals surface area contributed by atoms with Crippen LogP contribution in [0.3, 0.4) is 0 Å². The molecule has 3 aromatic heterocycles. The van der Waals surface area contributed by atoms with Crippen molar-refractivity contribution >= 4 is 44.8 Å². The number of rotatable bonds is 3. The summed E-state index contributed by atoms with van der Waals surface area (Å²) in [5, 5.41) is 1.01. The summed E-state index contributed by atoms with van der Waals surface area (Å²) in [6, 6.07) is 15.1. The summed E-state index contributed by atoms with van der Waals surface area (Å²) in [6.07, 6.45) is 2.42. The number of aryl methyl sites for hydroxylation is 1. The minimum Gasteiger partial charge on any atom is -0.299 e. The first-order valence-electron chi connectivity index (χ1n) is 9.10. The van der Waals surface area contributed by atoms with E-state index in [1.807, 2.05) is 54.0 Å². The molecule has 3 heterocycles. The molecule has 7 heteroatoms. The molecule has 5 aromatic rings. The topological polar surface area (TPSA) is 65.6 Å². The Labute approximate surface area is 165 Å². The smallest absolute Gasteiger partial charge is 0.265 e. The zero-order chi connectivity index (χ0) is 19.3. The number of benzene rings is 2. The highest BCUT2D eigenvalue weighted by Crippen LogP contribution is 2.31. The lowest BCUT2D eigenvalue weighted by Crippen LogP contribution is -2.20. The van der Waals surface area contributed by atoms with Gasteiger partial charge in [0, 0.05) is 6.54 Å². The van der Waals surface area contributed by atoms with Crippen molar-refractivity contribution in [1.29, 1.82) is 0 Å². The maximum atomic E-state index is 13.2. The molecule has 28 heavy (non-hydrogen) atoms. The summed E-state index contributed by atoms with van der Waals surface area (Å²) in [5.41, 5.74) is 3.70. The SMILES string of the molecule is CCCn1cnc2c(c1=O)c1nc3ccccc3nc1n2-c1ccccc1Cl. The molecule has 0 atom stereocenters. The minimum absolute atomic E-state index is 0.118. The van der Waals surface area contributed by atoms with Gasteiger partial charge in [-0.25, -0.2) is 15.0 Å². The van der Waals surface area contributed by atoms with E-state index in [0.29, 0.717) is 39.5 Å². The Hall–Kier alpha value is -3.25. The zero-order valence-electron chi connectivity index (χ0n) is 15.1. The van der Waals surface area contributed by atoms with E-state index in [4.69, 9.17) is 21.6 Å². The quantitative estimate of drug-likeness (QED) is 0.460. The second-order valence-corrected chi connectivity index (χ2v) is 7.02. The van der Waals surface area contributed by atoms with E-state index in [0.717, 1.165) is 17.5 Å². The molecule has 0 spiro atoms. The fraction of sp³-hybridized carbons (Fsp3) is 0.143. The predicted octanol–water partition coefficient (Wildman–Crippen LogP) is 4.35. The first-order valence-corrected chi connectivity index (χ1v) is 9.48. The summed E-state index contributed by atoms with van der Waals surface area (Å²) >= 11 is 6.48. The molecule has 0 amide bonds. The lowest BCUT2D eigenvalue weighted by atomic mass is 10.3. The van der Waals surface area contributed by atoms with Gasteiger partial charge in [0.25, 0.3) is 5.56 Å². The molecule has 138 valence electrons. The summed E-state index contributed by atoms with van der Waals surface area (Å²) in [5.74, 6) is 0. The number of hydrogen-bond acceptors (Lipinski definition) is 4. The number of hydrogen-bond donors (Lipinski definition) is 0. The molecule has 0 saturated heterocycles. The Morgan fingerprint density at radius 2 is 1.68 bits per heavy atom. The standard InChI is InChI=1S/C21H16ClN5O/c1-2-11-26-12-23-19-17(21(26)28)18-20(25-15-9-5-4-8-14(15)24-18)27(19)16-10-6-3-7-13(16)22/h3-10,12H,2,11H2,1H3. The molecule has 0 bridgehead atoms. The van der Waals surface area contributed by atoms with Crippen LogP contribution >= 0.6 is 11.6 Å². The number of fused-ring (bicyclic) bond motifs is 4. The zero-order valence-corrected chi connectivity index (χ0v) is 15.9. The van der Waals surface area contributed by atoms with Crippen LogP contribution in [0.5, 0.6) is 0 Å². The molecule has 0 aliphatic rings. The molecule has 0 fully saturated rings. The van der Waals surface area contributed by atoms with Crippen molar-refractivity contribution in [2.24, 2.45) is 0 Å². The van der Waals surface area contributed by atoms with Gasteiger partial charge in [-0.05, 0) is 30.7 Å². The summed E-state index contributed by atoms with van der Waals surface area (Å²) in [4.78, 5) is 27.4. The van der Waals surface area contributed by atoms with Crippen LogP contribution in [0.1, 0.15) is 13.3 Å². The van der Waals surface area contributed by atoms with Crippen LogP contribution in [0.25, 0.3) is 38.9 Å². The molecule has 5 rings (SSSR count). The number of aromatic nitrogens is 5. The minimum atomic E-state index is -0.118. The Morgan fingerprint density at radius 3 is 2.43 bits per heavy atom. The summed E-state index contributed by atoms with van der Waals surface area (Å²) in [7, 11) is 0. The van der Waals surface area contributed by atoms with Crippen molar-refractivity contribution in [3.8, 4) is 5.69 Å². The van der Waals surface area contributed by atoms with Crippen LogP contribution in [0.15, 0.2) is 59.7 Å². The maximum Gasteiger partial charge on any atom is 0.265 e. The van der Waals surface area contributed by atoms with Gasteiger partial charge in [0.1, 0.15) is 10.9 Å². The average Bonchev–Trinajstić information content (AvgIpc) is 3.02. The fourth-order valence-corrected chi connectivity index (χ4v) is 3.75. The highest BCUT2D eigenvalue weighted by Gasteiger charge is 2.21. The molecule has 2 aromatic carbocycles.